The number of esters is 1. The first-order valence-electron chi connectivity index (χ1n) is 8.33. The van der Waals surface area contributed by atoms with E-state index in [-0.39, 0.29) is 18.6 Å². The van der Waals surface area contributed by atoms with Gasteiger partial charge in [-0.3, -0.25) is 4.79 Å². The van der Waals surface area contributed by atoms with Crippen LogP contribution in [0.4, 0.5) is 0 Å². The fourth-order valence-corrected chi connectivity index (χ4v) is 2.70. The van der Waals surface area contributed by atoms with Crippen molar-refractivity contribution in [1.29, 1.82) is 0 Å². The van der Waals surface area contributed by atoms with Gasteiger partial charge in [0, 0.05) is 6.04 Å². The van der Waals surface area contributed by atoms with E-state index in [0.29, 0.717) is 5.75 Å². The third-order valence-electron chi connectivity index (χ3n) is 3.95. The average Bonchev–Trinajstić information content (AvgIpc) is 2.82. The Bertz CT molecular complexity index is 495. The molecule has 0 bridgehead atoms. The monoisotopic (exact) mass is 319 g/mol. The SMILES string of the molecule is C[C@@H](Oc1ccccc1)C(=O)OCC(=O)NC1CCCCCC1. The molecule has 2 rings (SSSR count). The van der Waals surface area contributed by atoms with Crippen LogP contribution in [0, 0.1) is 0 Å². The van der Waals surface area contributed by atoms with Crippen LogP contribution in [0.3, 0.4) is 0 Å². The molecule has 1 atom stereocenters. The van der Waals surface area contributed by atoms with Gasteiger partial charge in [-0.1, -0.05) is 43.9 Å². The van der Waals surface area contributed by atoms with Gasteiger partial charge in [-0.25, -0.2) is 4.79 Å². The van der Waals surface area contributed by atoms with Crippen molar-refractivity contribution in [3.8, 4) is 5.75 Å². The average molecular weight is 319 g/mol. The zero-order valence-electron chi connectivity index (χ0n) is 13.6. The van der Waals surface area contributed by atoms with Crippen molar-refractivity contribution in [2.45, 2.75) is 57.6 Å². The molecule has 126 valence electrons. The zero-order chi connectivity index (χ0) is 16.5. The Balaban J connectivity index is 1.69. The number of ether oxygens (including phenoxy) is 2. The molecule has 1 aromatic carbocycles. The van der Waals surface area contributed by atoms with Crippen LogP contribution in [-0.2, 0) is 14.3 Å². The summed E-state index contributed by atoms with van der Waals surface area (Å²) in [6, 6.07) is 9.27. The van der Waals surface area contributed by atoms with Gasteiger partial charge in [0.25, 0.3) is 5.91 Å². The summed E-state index contributed by atoms with van der Waals surface area (Å²) in [4.78, 5) is 23.8. The summed E-state index contributed by atoms with van der Waals surface area (Å²) in [5, 5.41) is 2.95. The van der Waals surface area contributed by atoms with Crippen LogP contribution >= 0.6 is 0 Å². The number of carbonyl (C=O) groups is 2. The highest BCUT2D eigenvalue weighted by Crippen LogP contribution is 2.17. The molecule has 23 heavy (non-hydrogen) atoms. The first-order valence-corrected chi connectivity index (χ1v) is 8.33. The molecule has 0 saturated heterocycles. The maximum absolute atomic E-state index is 11.9. The first-order chi connectivity index (χ1) is 11.1. The van der Waals surface area contributed by atoms with Gasteiger partial charge < -0.3 is 14.8 Å². The quantitative estimate of drug-likeness (QED) is 0.647. The highest BCUT2D eigenvalue weighted by atomic mass is 16.6. The normalized spacial score (nSPS) is 16.9. The minimum atomic E-state index is -0.747. The molecule has 1 saturated carbocycles. The van der Waals surface area contributed by atoms with Gasteiger partial charge >= 0.3 is 5.97 Å². The Hall–Kier alpha value is -2.04. The van der Waals surface area contributed by atoms with Crippen molar-refractivity contribution in [2.75, 3.05) is 6.61 Å². The van der Waals surface area contributed by atoms with Crippen LogP contribution in [-0.4, -0.2) is 30.6 Å². The van der Waals surface area contributed by atoms with Gasteiger partial charge in [0.15, 0.2) is 12.7 Å². The smallest absolute Gasteiger partial charge is 0.347 e. The van der Waals surface area contributed by atoms with Crippen molar-refractivity contribution >= 4 is 11.9 Å². The van der Waals surface area contributed by atoms with E-state index in [1.165, 1.54) is 12.8 Å². The summed E-state index contributed by atoms with van der Waals surface area (Å²) >= 11 is 0. The van der Waals surface area contributed by atoms with Crippen molar-refractivity contribution in [3.05, 3.63) is 30.3 Å². The Morgan fingerprint density at radius 1 is 1.13 bits per heavy atom. The van der Waals surface area contributed by atoms with Gasteiger partial charge in [-0.05, 0) is 31.9 Å². The Morgan fingerprint density at radius 3 is 2.43 bits per heavy atom. The largest absolute Gasteiger partial charge is 0.479 e. The maximum Gasteiger partial charge on any atom is 0.347 e. The molecular weight excluding hydrogens is 294 g/mol. The third-order valence-corrected chi connectivity index (χ3v) is 3.95. The van der Waals surface area contributed by atoms with Crippen molar-refractivity contribution in [1.82, 2.24) is 5.32 Å². The second kappa shape index (κ2) is 9.18. The molecule has 5 nitrogen and oxygen atoms in total. The highest BCUT2D eigenvalue weighted by Gasteiger charge is 2.19. The predicted octanol–water partition coefficient (Wildman–Crippen LogP) is 2.84. The lowest BCUT2D eigenvalue weighted by molar-refractivity contribution is -0.154. The Morgan fingerprint density at radius 2 is 1.78 bits per heavy atom. The van der Waals surface area contributed by atoms with E-state index in [9.17, 15) is 9.59 Å². The molecule has 0 heterocycles. The molecule has 1 aliphatic carbocycles. The fraction of sp³-hybridized carbons (Fsp3) is 0.556. The van der Waals surface area contributed by atoms with E-state index in [1.807, 2.05) is 18.2 Å². The van der Waals surface area contributed by atoms with Crippen LogP contribution < -0.4 is 10.1 Å². The molecule has 1 N–H and O–H groups in total. The first kappa shape index (κ1) is 17.3. The summed E-state index contributed by atoms with van der Waals surface area (Å²) in [6.07, 6.45) is 6.02. The van der Waals surface area contributed by atoms with Crippen LogP contribution in [0.1, 0.15) is 45.4 Å². The van der Waals surface area contributed by atoms with Gasteiger partial charge in [-0.2, -0.15) is 0 Å². The molecule has 0 radical (unpaired) electrons. The lowest BCUT2D eigenvalue weighted by Crippen LogP contribution is -2.38. The number of rotatable bonds is 6. The molecule has 1 aliphatic rings. The predicted molar refractivity (Wildman–Crippen MR) is 87.1 cm³/mol. The molecule has 0 unspecified atom stereocenters. The molecular formula is C18H25NO4. The van der Waals surface area contributed by atoms with Crippen molar-refractivity contribution < 1.29 is 19.1 Å². The van der Waals surface area contributed by atoms with E-state index < -0.39 is 12.1 Å². The number of hydrogen-bond donors (Lipinski definition) is 1. The fourth-order valence-electron chi connectivity index (χ4n) is 2.70. The van der Waals surface area contributed by atoms with E-state index in [4.69, 9.17) is 9.47 Å². The standard InChI is InChI=1S/C18H25NO4/c1-14(23-16-11-7-4-8-12-16)18(21)22-13-17(20)19-15-9-5-2-3-6-10-15/h4,7-8,11-12,14-15H,2-3,5-6,9-10,13H2,1H3,(H,19,20)/t14-/m1/s1. The van der Waals surface area contributed by atoms with Crippen molar-refractivity contribution in [3.63, 3.8) is 0 Å². The zero-order valence-corrected chi connectivity index (χ0v) is 13.6. The van der Waals surface area contributed by atoms with Gasteiger partial charge in [0.1, 0.15) is 5.75 Å². The number of benzene rings is 1. The second-order valence-corrected chi connectivity index (χ2v) is 5.94. The highest BCUT2D eigenvalue weighted by molar-refractivity contribution is 5.82. The van der Waals surface area contributed by atoms with E-state index in [1.54, 1.807) is 19.1 Å². The number of para-hydroxylation sites is 1. The Labute approximate surface area is 137 Å². The summed E-state index contributed by atoms with van der Waals surface area (Å²) in [7, 11) is 0. The van der Waals surface area contributed by atoms with E-state index >= 15 is 0 Å². The van der Waals surface area contributed by atoms with Crippen LogP contribution in [0.2, 0.25) is 0 Å². The van der Waals surface area contributed by atoms with Crippen LogP contribution in [0.5, 0.6) is 5.75 Å². The molecule has 0 spiro atoms. The van der Waals surface area contributed by atoms with E-state index in [2.05, 4.69) is 5.32 Å². The van der Waals surface area contributed by atoms with Gasteiger partial charge in [0.2, 0.25) is 0 Å². The molecule has 1 amide bonds. The van der Waals surface area contributed by atoms with Gasteiger partial charge in [-0.15, -0.1) is 0 Å². The summed E-state index contributed by atoms with van der Waals surface area (Å²) < 4.78 is 10.5. The molecule has 1 fully saturated rings. The minimum Gasteiger partial charge on any atom is -0.479 e. The summed E-state index contributed by atoms with van der Waals surface area (Å²) in [5.41, 5.74) is 0. The lowest BCUT2D eigenvalue weighted by atomic mass is 10.1. The second-order valence-electron chi connectivity index (χ2n) is 5.94. The number of hydrogen-bond acceptors (Lipinski definition) is 4. The maximum atomic E-state index is 11.9. The summed E-state index contributed by atoms with van der Waals surface area (Å²) in [5.74, 6) is -0.179. The molecule has 5 heteroatoms. The van der Waals surface area contributed by atoms with Crippen molar-refractivity contribution in [2.24, 2.45) is 0 Å². The topological polar surface area (TPSA) is 64.6 Å². The minimum absolute atomic E-state index is 0.210. The van der Waals surface area contributed by atoms with Crippen LogP contribution in [0.15, 0.2) is 30.3 Å². The summed E-state index contributed by atoms with van der Waals surface area (Å²) in [6.45, 7) is 1.36. The van der Waals surface area contributed by atoms with E-state index in [0.717, 1.165) is 25.7 Å². The molecule has 0 aromatic heterocycles. The number of carbonyl (C=O) groups excluding carboxylic acids is 2. The number of nitrogens with one attached hydrogen (secondary N) is 1. The van der Waals surface area contributed by atoms with Crippen LogP contribution in [0.25, 0.3) is 0 Å². The van der Waals surface area contributed by atoms with Gasteiger partial charge in [0.05, 0.1) is 0 Å². The third kappa shape index (κ3) is 6.30. The lowest BCUT2D eigenvalue weighted by Gasteiger charge is -2.17. The Kier molecular flexibility index (Phi) is 6.91. The number of amides is 1. The molecule has 1 aromatic rings. The molecule has 0 aliphatic heterocycles.